The monoisotopic (exact) mass is 277 g/mol. The fourth-order valence-electron chi connectivity index (χ4n) is 2.22. The van der Waals surface area contributed by atoms with Crippen molar-refractivity contribution in [1.82, 2.24) is 9.88 Å². The predicted octanol–water partition coefficient (Wildman–Crippen LogP) is 1.89. The van der Waals surface area contributed by atoms with Gasteiger partial charge in [0.25, 0.3) is 0 Å². The number of nitrogens with one attached hydrogen (secondary N) is 1. The maximum atomic E-state index is 12.0. The number of likely N-dealkylation sites (tertiary alicyclic amines) is 1. The molecule has 1 aromatic rings. The van der Waals surface area contributed by atoms with Crippen molar-refractivity contribution >= 4 is 17.7 Å². The zero-order chi connectivity index (χ0) is 14.4. The Hall–Kier alpha value is -2.11. The molecule has 0 bridgehead atoms. The molecule has 2 heterocycles. The number of anilines is 1. The number of aromatic nitrogens is 1. The third-order valence-corrected chi connectivity index (χ3v) is 3.31. The molecule has 2 rings (SSSR count). The molecule has 1 aliphatic heterocycles. The van der Waals surface area contributed by atoms with E-state index >= 15 is 0 Å². The van der Waals surface area contributed by atoms with E-state index < -0.39 is 0 Å². The van der Waals surface area contributed by atoms with Gasteiger partial charge in [0.1, 0.15) is 0 Å². The highest BCUT2D eigenvalue weighted by molar-refractivity contribution is 5.89. The number of carbonyl (C=O) groups is 2. The highest BCUT2D eigenvalue weighted by Gasteiger charge is 2.28. The molecule has 0 aromatic carbocycles. The first-order chi connectivity index (χ1) is 9.70. The van der Waals surface area contributed by atoms with Crippen LogP contribution >= 0.6 is 0 Å². The van der Waals surface area contributed by atoms with E-state index in [2.05, 4.69) is 10.3 Å². The Labute approximate surface area is 118 Å². The van der Waals surface area contributed by atoms with Gasteiger partial charge < -0.3 is 15.0 Å². The average molecular weight is 277 g/mol. The molecule has 1 fully saturated rings. The van der Waals surface area contributed by atoms with Crippen molar-refractivity contribution in [3.63, 3.8) is 0 Å². The minimum atomic E-state index is -0.153. The number of rotatable bonds is 3. The van der Waals surface area contributed by atoms with Gasteiger partial charge in [-0.3, -0.25) is 9.78 Å². The first-order valence-corrected chi connectivity index (χ1v) is 6.83. The van der Waals surface area contributed by atoms with Crippen LogP contribution in [0.25, 0.3) is 0 Å². The number of pyridine rings is 1. The van der Waals surface area contributed by atoms with E-state index in [1.165, 1.54) is 0 Å². The van der Waals surface area contributed by atoms with Crippen LogP contribution in [-0.4, -0.2) is 41.6 Å². The number of hydrogen-bond acceptors (Lipinski definition) is 4. The van der Waals surface area contributed by atoms with Crippen molar-refractivity contribution in [3.8, 4) is 0 Å². The number of urea groups is 1. The minimum absolute atomic E-state index is 0.0857. The summed E-state index contributed by atoms with van der Waals surface area (Å²) in [5, 5.41) is 2.79. The summed E-state index contributed by atoms with van der Waals surface area (Å²) >= 11 is 0. The van der Waals surface area contributed by atoms with Crippen molar-refractivity contribution in [2.45, 2.75) is 19.8 Å². The van der Waals surface area contributed by atoms with Gasteiger partial charge in [-0.2, -0.15) is 0 Å². The Morgan fingerprint density at radius 2 is 2.20 bits per heavy atom. The second kappa shape index (κ2) is 6.88. The SMILES string of the molecule is CCOC(=O)C1CCN(C(=O)Nc2cccnc2)CC1. The standard InChI is InChI=1S/C14H19N3O3/c1-2-20-13(18)11-5-8-17(9-6-11)14(19)16-12-4-3-7-15-10-12/h3-4,7,10-11H,2,5-6,8-9H2,1H3,(H,16,19). The van der Waals surface area contributed by atoms with Gasteiger partial charge in [-0.1, -0.05) is 0 Å². The Morgan fingerprint density at radius 3 is 2.80 bits per heavy atom. The molecule has 0 atom stereocenters. The van der Waals surface area contributed by atoms with Gasteiger partial charge in [0.05, 0.1) is 24.4 Å². The molecule has 6 heteroatoms. The summed E-state index contributed by atoms with van der Waals surface area (Å²) in [4.78, 5) is 29.3. The van der Waals surface area contributed by atoms with Crippen LogP contribution in [0.1, 0.15) is 19.8 Å². The van der Waals surface area contributed by atoms with Gasteiger partial charge in [-0.05, 0) is 31.9 Å². The third kappa shape index (κ3) is 3.69. The number of hydrogen-bond donors (Lipinski definition) is 1. The van der Waals surface area contributed by atoms with E-state index in [4.69, 9.17) is 4.74 Å². The second-order valence-electron chi connectivity index (χ2n) is 4.69. The molecule has 0 aliphatic carbocycles. The lowest BCUT2D eigenvalue weighted by Crippen LogP contribution is -2.42. The highest BCUT2D eigenvalue weighted by atomic mass is 16.5. The number of nitrogens with zero attached hydrogens (tertiary/aromatic N) is 2. The van der Waals surface area contributed by atoms with Crippen LogP contribution in [0.3, 0.4) is 0 Å². The fraction of sp³-hybridized carbons (Fsp3) is 0.500. The van der Waals surface area contributed by atoms with Gasteiger partial charge in [0.2, 0.25) is 0 Å². The maximum absolute atomic E-state index is 12.0. The van der Waals surface area contributed by atoms with Crippen LogP contribution in [-0.2, 0) is 9.53 Å². The molecule has 0 unspecified atom stereocenters. The molecule has 1 N–H and O–H groups in total. The second-order valence-corrected chi connectivity index (χ2v) is 4.69. The minimum Gasteiger partial charge on any atom is -0.466 e. The molecular formula is C14H19N3O3. The van der Waals surface area contributed by atoms with Crippen molar-refractivity contribution in [1.29, 1.82) is 0 Å². The Morgan fingerprint density at radius 1 is 1.45 bits per heavy atom. The molecule has 2 amide bonds. The lowest BCUT2D eigenvalue weighted by Gasteiger charge is -2.30. The van der Waals surface area contributed by atoms with Crippen molar-refractivity contribution in [2.75, 3.05) is 25.0 Å². The van der Waals surface area contributed by atoms with Crippen LogP contribution in [0.5, 0.6) is 0 Å². The first-order valence-electron chi connectivity index (χ1n) is 6.83. The molecule has 0 saturated carbocycles. The Bertz CT molecular complexity index is 456. The highest BCUT2D eigenvalue weighted by Crippen LogP contribution is 2.19. The van der Waals surface area contributed by atoms with Gasteiger partial charge in [0.15, 0.2) is 0 Å². The number of carbonyl (C=O) groups excluding carboxylic acids is 2. The lowest BCUT2D eigenvalue weighted by atomic mass is 9.97. The van der Waals surface area contributed by atoms with E-state index in [0.717, 1.165) is 0 Å². The topological polar surface area (TPSA) is 71.5 Å². The molecule has 0 spiro atoms. The number of piperidine rings is 1. The average Bonchev–Trinajstić information content (AvgIpc) is 2.48. The van der Waals surface area contributed by atoms with Gasteiger partial charge in [0, 0.05) is 19.3 Å². The van der Waals surface area contributed by atoms with Crippen LogP contribution in [0, 0.1) is 5.92 Å². The van der Waals surface area contributed by atoms with Crippen molar-refractivity contribution in [2.24, 2.45) is 5.92 Å². The zero-order valence-electron chi connectivity index (χ0n) is 11.5. The molecule has 1 aliphatic rings. The van der Waals surface area contributed by atoms with E-state index in [1.807, 2.05) is 0 Å². The summed E-state index contributed by atoms with van der Waals surface area (Å²) in [5.74, 6) is -0.239. The quantitative estimate of drug-likeness (QED) is 0.856. The summed E-state index contributed by atoms with van der Waals surface area (Å²) < 4.78 is 5.01. The maximum Gasteiger partial charge on any atom is 0.321 e. The van der Waals surface area contributed by atoms with Crippen LogP contribution in [0.15, 0.2) is 24.5 Å². The summed E-state index contributed by atoms with van der Waals surface area (Å²) in [6, 6.07) is 3.40. The molecule has 108 valence electrons. The van der Waals surface area contributed by atoms with E-state index in [1.54, 1.807) is 36.4 Å². The number of ether oxygens (including phenoxy) is 1. The predicted molar refractivity (Wildman–Crippen MR) is 74.2 cm³/mol. The van der Waals surface area contributed by atoms with Crippen molar-refractivity contribution in [3.05, 3.63) is 24.5 Å². The fourth-order valence-corrected chi connectivity index (χ4v) is 2.22. The molecule has 1 aromatic heterocycles. The Balaban J connectivity index is 1.81. The molecule has 20 heavy (non-hydrogen) atoms. The van der Waals surface area contributed by atoms with E-state index in [-0.39, 0.29) is 17.9 Å². The van der Waals surface area contributed by atoms with Crippen LogP contribution in [0.2, 0.25) is 0 Å². The molecule has 0 radical (unpaired) electrons. The lowest BCUT2D eigenvalue weighted by molar-refractivity contribution is -0.149. The van der Waals surface area contributed by atoms with E-state index in [0.29, 0.717) is 38.2 Å². The summed E-state index contributed by atoms with van der Waals surface area (Å²) in [6.45, 7) is 3.33. The van der Waals surface area contributed by atoms with Gasteiger partial charge in [-0.25, -0.2) is 4.79 Å². The zero-order valence-corrected chi connectivity index (χ0v) is 11.5. The molecule has 1 saturated heterocycles. The van der Waals surface area contributed by atoms with Gasteiger partial charge in [-0.15, -0.1) is 0 Å². The summed E-state index contributed by atoms with van der Waals surface area (Å²) in [7, 11) is 0. The number of amides is 2. The number of esters is 1. The van der Waals surface area contributed by atoms with Crippen LogP contribution in [0.4, 0.5) is 10.5 Å². The van der Waals surface area contributed by atoms with Crippen LogP contribution < -0.4 is 5.32 Å². The Kier molecular flexibility index (Phi) is 4.92. The van der Waals surface area contributed by atoms with E-state index in [9.17, 15) is 9.59 Å². The smallest absolute Gasteiger partial charge is 0.321 e. The normalized spacial score (nSPS) is 15.8. The summed E-state index contributed by atoms with van der Waals surface area (Å²) in [5.41, 5.74) is 0.671. The molecular weight excluding hydrogens is 258 g/mol. The molecule has 6 nitrogen and oxygen atoms in total. The summed E-state index contributed by atoms with van der Waals surface area (Å²) in [6.07, 6.45) is 4.56. The third-order valence-electron chi connectivity index (χ3n) is 3.31. The van der Waals surface area contributed by atoms with Crippen molar-refractivity contribution < 1.29 is 14.3 Å². The first kappa shape index (κ1) is 14.3. The largest absolute Gasteiger partial charge is 0.466 e. The van der Waals surface area contributed by atoms with Gasteiger partial charge >= 0.3 is 12.0 Å².